The number of carbonyl (C=O) groups excluding carboxylic acids is 1. The molecule has 0 aromatic heterocycles. The summed E-state index contributed by atoms with van der Waals surface area (Å²) in [4.78, 5) is 11.8. The summed E-state index contributed by atoms with van der Waals surface area (Å²) < 4.78 is 0. The summed E-state index contributed by atoms with van der Waals surface area (Å²) in [6.07, 6.45) is 1.31. The van der Waals surface area contributed by atoms with Crippen molar-refractivity contribution in [2.45, 2.75) is 0 Å². The Morgan fingerprint density at radius 1 is 1.40 bits per heavy atom. The Balaban J connectivity index is 0.000000112. The molecule has 2 rings (SSSR count). The van der Waals surface area contributed by atoms with Crippen LogP contribution in [0, 0.1) is 0 Å². The van der Waals surface area contributed by atoms with Crippen molar-refractivity contribution in [2.75, 3.05) is 7.05 Å². The lowest BCUT2D eigenvalue weighted by molar-refractivity contribution is 0.564. The zero-order valence-electron chi connectivity index (χ0n) is 5.66. The Morgan fingerprint density at radius 3 is 2.00 bits per heavy atom. The molecule has 0 aliphatic heterocycles. The van der Waals surface area contributed by atoms with Gasteiger partial charge in [0.15, 0.2) is 0 Å². The summed E-state index contributed by atoms with van der Waals surface area (Å²) in [7, 11) is 1.38. The molecule has 0 bridgehead atoms. The van der Waals surface area contributed by atoms with Gasteiger partial charge < -0.3 is 0 Å². The van der Waals surface area contributed by atoms with E-state index in [1.165, 1.54) is 24.3 Å². The summed E-state index contributed by atoms with van der Waals surface area (Å²) in [6, 6.07) is 8.48. The first-order chi connectivity index (χ1) is 4.88. The predicted molar refractivity (Wildman–Crippen MR) is 39.5 cm³/mol. The molecule has 50 valence electrons. The highest BCUT2D eigenvalue weighted by molar-refractivity contribution is 5.80. The third-order valence-electron chi connectivity index (χ3n) is 1.20. The molecule has 0 radical (unpaired) electrons. The maximum atomic E-state index is 8.88. The molecule has 0 spiro atoms. The highest BCUT2D eigenvalue weighted by Gasteiger charge is 2.06. The second-order valence-corrected chi connectivity index (χ2v) is 1.90. The summed E-state index contributed by atoms with van der Waals surface area (Å²) in [5, 5.41) is 0. The number of isocyanates is 1. The Bertz CT molecular complexity index is 257. The number of fused-ring (bicyclic) bond motifs is 1. The van der Waals surface area contributed by atoms with Gasteiger partial charge in [-0.2, -0.15) is 0 Å². The van der Waals surface area contributed by atoms with E-state index in [0.29, 0.717) is 0 Å². The van der Waals surface area contributed by atoms with E-state index in [4.69, 9.17) is 4.79 Å². The fourth-order valence-electron chi connectivity index (χ4n) is 0.676. The molecule has 0 fully saturated rings. The Kier molecular flexibility index (Phi) is 1.98. The summed E-state index contributed by atoms with van der Waals surface area (Å²) in [5.41, 5.74) is 2.85. The molecule has 0 heterocycles. The van der Waals surface area contributed by atoms with Gasteiger partial charge in [-0.3, -0.25) is 0 Å². The van der Waals surface area contributed by atoms with Gasteiger partial charge in [-0.05, 0) is 17.2 Å². The summed E-state index contributed by atoms with van der Waals surface area (Å²) >= 11 is 0. The van der Waals surface area contributed by atoms with Crippen LogP contribution in [0.1, 0.15) is 0 Å². The van der Waals surface area contributed by atoms with Gasteiger partial charge in [0.05, 0.1) is 0 Å². The first-order valence-corrected chi connectivity index (χ1v) is 2.95. The highest BCUT2D eigenvalue weighted by atomic mass is 16.1. The zero-order chi connectivity index (χ0) is 7.40. The quantitative estimate of drug-likeness (QED) is 0.396. The third-order valence-corrected chi connectivity index (χ3v) is 1.20. The lowest BCUT2D eigenvalue weighted by Gasteiger charge is -1.48. The van der Waals surface area contributed by atoms with Gasteiger partial charge in [0.2, 0.25) is 6.08 Å². The average molecular weight is 133 g/mol. The van der Waals surface area contributed by atoms with Crippen molar-refractivity contribution in [3.8, 4) is 11.1 Å². The topological polar surface area (TPSA) is 29.4 Å². The van der Waals surface area contributed by atoms with Crippen molar-refractivity contribution >= 4 is 6.08 Å². The largest absolute Gasteiger partial charge is 0.234 e. The molecule has 0 saturated heterocycles. The molecule has 2 aliphatic rings. The number of aliphatic imine (C=N–C) groups is 1. The van der Waals surface area contributed by atoms with Crippen LogP contribution in [-0.4, -0.2) is 13.1 Å². The minimum Gasteiger partial charge on any atom is -0.211 e. The number of nitrogens with zero attached hydrogens (tertiary/aromatic N) is 1. The summed E-state index contributed by atoms with van der Waals surface area (Å²) in [6.45, 7) is 0. The Hall–Kier alpha value is -1.40. The summed E-state index contributed by atoms with van der Waals surface area (Å²) in [5.74, 6) is 0. The van der Waals surface area contributed by atoms with Crippen LogP contribution in [0.2, 0.25) is 0 Å². The van der Waals surface area contributed by atoms with Crippen molar-refractivity contribution in [2.24, 2.45) is 4.99 Å². The minimum absolute atomic E-state index is 1.31. The average Bonchev–Trinajstić information content (AvgIpc) is 2.60. The van der Waals surface area contributed by atoms with Crippen LogP contribution in [0.4, 0.5) is 0 Å². The molecule has 0 amide bonds. The molecule has 2 aliphatic carbocycles. The molecule has 2 heteroatoms. The van der Waals surface area contributed by atoms with Crippen LogP contribution in [-0.2, 0) is 4.79 Å². The molecule has 0 aromatic carbocycles. The second-order valence-electron chi connectivity index (χ2n) is 1.90. The monoisotopic (exact) mass is 133 g/mol. The van der Waals surface area contributed by atoms with Gasteiger partial charge in [0.25, 0.3) is 0 Å². The van der Waals surface area contributed by atoms with Crippen LogP contribution in [0.25, 0.3) is 11.1 Å². The molecule has 0 atom stereocenters. The van der Waals surface area contributed by atoms with Crippen molar-refractivity contribution in [3.63, 3.8) is 0 Å². The first-order valence-electron chi connectivity index (χ1n) is 2.95. The van der Waals surface area contributed by atoms with E-state index in [1.807, 2.05) is 0 Å². The van der Waals surface area contributed by atoms with E-state index < -0.39 is 0 Å². The van der Waals surface area contributed by atoms with Gasteiger partial charge in [0, 0.05) is 7.05 Å². The van der Waals surface area contributed by atoms with Crippen molar-refractivity contribution in [1.82, 2.24) is 0 Å². The van der Waals surface area contributed by atoms with Crippen molar-refractivity contribution in [1.29, 1.82) is 0 Å². The van der Waals surface area contributed by atoms with Crippen LogP contribution in [0.15, 0.2) is 29.3 Å². The van der Waals surface area contributed by atoms with Gasteiger partial charge in [0.1, 0.15) is 0 Å². The van der Waals surface area contributed by atoms with Crippen LogP contribution < -0.4 is 0 Å². The maximum absolute atomic E-state index is 8.88. The van der Waals surface area contributed by atoms with E-state index in [0.717, 1.165) is 0 Å². The maximum Gasteiger partial charge on any atom is 0.234 e. The smallest absolute Gasteiger partial charge is 0.211 e. The van der Waals surface area contributed by atoms with E-state index in [9.17, 15) is 0 Å². The minimum atomic E-state index is 1.31. The molecule has 0 unspecified atom stereocenters. The van der Waals surface area contributed by atoms with E-state index in [2.05, 4.69) is 29.3 Å². The van der Waals surface area contributed by atoms with Crippen LogP contribution >= 0.6 is 0 Å². The number of benzene rings is 1. The van der Waals surface area contributed by atoms with Gasteiger partial charge in [-0.1, -0.05) is 18.2 Å². The van der Waals surface area contributed by atoms with Crippen molar-refractivity contribution in [3.05, 3.63) is 24.3 Å². The lowest BCUT2D eigenvalue weighted by Crippen LogP contribution is -1.38. The van der Waals surface area contributed by atoms with Crippen molar-refractivity contribution < 1.29 is 4.79 Å². The third kappa shape index (κ3) is 1.54. The first kappa shape index (κ1) is 6.72. The predicted octanol–water partition coefficient (Wildman–Crippen LogP) is 1.62. The number of hydrogen-bond donors (Lipinski definition) is 0. The standard InChI is InChI=1S/C6H4.C2H3NO/c1-2-5-4-6(5)3-1;1-3-2-4/h1-4H;1H3. The van der Waals surface area contributed by atoms with E-state index >= 15 is 0 Å². The zero-order valence-corrected chi connectivity index (χ0v) is 5.66. The van der Waals surface area contributed by atoms with Gasteiger partial charge in [-0.25, -0.2) is 9.79 Å². The number of rotatable bonds is 0. The molecule has 10 heavy (non-hydrogen) atoms. The highest BCUT2D eigenvalue weighted by Crippen LogP contribution is 2.32. The second kappa shape index (κ2) is 2.95. The van der Waals surface area contributed by atoms with Crippen LogP contribution in [0.5, 0.6) is 0 Å². The molecular weight excluding hydrogens is 126 g/mol. The molecule has 0 aromatic rings. The normalized spacial score (nSPS) is 8.50. The van der Waals surface area contributed by atoms with E-state index in [1.54, 1.807) is 0 Å². The fourth-order valence-corrected chi connectivity index (χ4v) is 0.676. The molecular formula is C8H7NO. The molecule has 2 nitrogen and oxygen atoms in total. The Morgan fingerprint density at radius 2 is 1.90 bits per heavy atom. The molecule has 0 saturated carbocycles. The van der Waals surface area contributed by atoms with E-state index in [-0.39, 0.29) is 0 Å². The Labute approximate surface area is 59.2 Å². The van der Waals surface area contributed by atoms with Crippen LogP contribution in [0.3, 0.4) is 0 Å². The van der Waals surface area contributed by atoms with Gasteiger partial charge in [-0.15, -0.1) is 0 Å². The molecule has 0 N–H and O–H groups in total. The SMILES string of the molecule is CN=C=O.c1cc2cc-2c1. The lowest BCUT2D eigenvalue weighted by atomic mass is 10.6. The van der Waals surface area contributed by atoms with Gasteiger partial charge >= 0.3 is 0 Å². The number of hydrogen-bond acceptors (Lipinski definition) is 2. The fraction of sp³-hybridized carbons (Fsp3) is 0.125.